The summed E-state index contributed by atoms with van der Waals surface area (Å²) in [6, 6.07) is 5.41. The zero-order chi connectivity index (χ0) is 13.8. The number of hydrogen-bond acceptors (Lipinski definition) is 3. The highest BCUT2D eigenvalue weighted by Crippen LogP contribution is 2.27. The van der Waals surface area contributed by atoms with Gasteiger partial charge in [0.25, 0.3) is 0 Å². The van der Waals surface area contributed by atoms with Gasteiger partial charge in [0.2, 0.25) is 0 Å². The Morgan fingerprint density at radius 2 is 2.16 bits per heavy atom. The van der Waals surface area contributed by atoms with Crippen molar-refractivity contribution in [3.05, 3.63) is 24.0 Å². The van der Waals surface area contributed by atoms with Crippen LogP contribution < -0.4 is 10.2 Å². The van der Waals surface area contributed by atoms with E-state index in [-0.39, 0.29) is 0 Å². The van der Waals surface area contributed by atoms with Crippen molar-refractivity contribution in [2.24, 2.45) is 5.92 Å². The molecule has 0 spiro atoms. The molecule has 1 N–H and O–H groups in total. The van der Waals surface area contributed by atoms with Crippen LogP contribution in [0, 0.1) is 5.92 Å². The second-order valence-electron chi connectivity index (χ2n) is 5.87. The van der Waals surface area contributed by atoms with Gasteiger partial charge in [-0.25, -0.2) is 0 Å². The molecule has 2 heterocycles. The van der Waals surface area contributed by atoms with E-state index in [2.05, 4.69) is 48.1 Å². The molecule has 1 fully saturated rings. The molecule has 3 heteroatoms. The van der Waals surface area contributed by atoms with Crippen LogP contribution in [0.2, 0.25) is 0 Å². The smallest absolute Gasteiger partial charge is 0.0574 e. The van der Waals surface area contributed by atoms with Gasteiger partial charge in [-0.2, -0.15) is 0 Å². The molecule has 106 valence electrons. The third kappa shape index (κ3) is 3.27. The fourth-order valence-corrected chi connectivity index (χ4v) is 2.98. The van der Waals surface area contributed by atoms with Crippen molar-refractivity contribution >= 4 is 5.69 Å². The molecule has 0 amide bonds. The molecule has 1 aliphatic rings. The lowest BCUT2D eigenvalue weighted by molar-refractivity contribution is 0.390. The van der Waals surface area contributed by atoms with Gasteiger partial charge in [-0.3, -0.25) is 4.98 Å². The molecule has 1 aromatic heterocycles. The number of pyridine rings is 1. The lowest BCUT2D eigenvalue weighted by Gasteiger charge is -2.38. The van der Waals surface area contributed by atoms with Crippen LogP contribution >= 0.6 is 0 Å². The van der Waals surface area contributed by atoms with Crippen LogP contribution in [-0.2, 0) is 0 Å². The molecule has 1 aromatic rings. The van der Waals surface area contributed by atoms with Gasteiger partial charge in [-0.1, -0.05) is 13.8 Å². The fourth-order valence-electron chi connectivity index (χ4n) is 2.98. The Bertz CT molecular complexity index is 383. The molecule has 0 aliphatic carbocycles. The summed E-state index contributed by atoms with van der Waals surface area (Å²) < 4.78 is 0. The first kappa shape index (κ1) is 14.3. The first-order chi connectivity index (χ1) is 9.15. The predicted octanol–water partition coefficient (Wildman–Crippen LogP) is 3.38. The molecule has 0 bridgehead atoms. The summed E-state index contributed by atoms with van der Waals surface area (Å²) in [5, 5.41) is 3.31. The maximum absolute atomic E-state index is 4.65. The highest BCUT2D eigenvalue weighted by atomic mass is 15.2. The summed E-state index contributed by atoms with van der Waals surface area (Å²) in [5.41, 5.74) is 2.42. The first-order valence-electron chi connectivity index (χ1n) is 7.55. The molecule has 0 saturated carbocycles. The second kappa shape index (κ2) is 6.38. The van der Waals surface area contributed by atoms with E-state index < -0.39 is 0 Å². The Hall–Kier alpha value is -1.09. The van der Waals surface area contributed by atoms with Crippen molar-refractivity contribution in [3.63, 3.8) is 0 Å². The molecular weight excluding hydrogens is 234 g/mol. The van der Waals surface area contributed by atoms with Gasteiger partial charge in [-0.05, 0) is 51.3 Å². The SMILES string of the molecule is CCC(NC)c1ccc(N2CC(C)CCC2C)cn1. The lowest BCUT2D eigenvalue weighted by Crippen LogP contribution is -2.41. The van der Waals surface area contributed by atoms with Gasteiger partial charge in [0.05, 0.1) is 17.6 Å². The predicted molar refractivity (Wildman–Crippen MR) is 81.5 cm³/mol. The minimum absolute atomic E-state index is 0.367. The quantitative estimate of drug-likeness (QED) is 0.900. The van der Waals surface area contributed by atoms with E-state index in [4.69, 9.17) is 0 Å². The van der Waals surface area contributed by atoms with Crippen LogP contribution in [0.5, 0.6) is 0 Å². The Kier molecular flexibility index (Phi) is 4.81. The molecule has 3 unspecified atom stereocenters. The minimum Gasteiger partial charge on any atom is -0.367 e. The second-order valence-corrected chi connectivity index (χ2v) is 5.87. The number of anilines is 1. The summed E-state index contributed by atoms with van der Waals surface area (Å²) >= 11 is 0. The number of rotatable bonds is 4. The summed E-state index contributed by atoms with van der Waals surface area (Å²) in [7, 11) is 2.00. The molecule has 3 nitrogen and oxygen atoms in total. The molecule has 0 radical (unpaired) electrons. The van der Waals surface area contributed by atoms with Crippen LogP contribution in [0.25, 0.3) is 0 Å². The topological polar surface area (TPSA) is 28.2 Å². The van der Waals surface area contributed by atoms with E-state index in [0.29, 0.717) is 12.1 Å². The van der Waals surface area contributed by atoms with Crippen molar-refractivity contribution in [3.8, 4) is 0 Å². The molecule has 2 rings (SSSR count). The van der Waals surface area contributed by atoms with E-state index in [1.54, 1.807) is 0 Å². The maximum atomic E-state index is 4.65. The highest BCUT2D eigenvalue weighted by Gasteiger charge is 2.23. The van der Waals surface area contributed by atoms with Gasteiger partial charge < -0.3 is 10.2 Å². The van der Waals surface area contributed by atoms with Gasteiger partial charge in [0.1, 0.15) is 0 Å². The van der Waals surface area contributed by atoms with Gasteiger partial charge in [0, 0.05) is 18.6 Å². The van der Waals surface area contributed by atoms with E-state index in [1.165, 1.54) is 18.5 Å². The maximum Gasteiger partial charge on any atom is 0.0574 e. The van der Waals surface area contributed by atoms with Crippen LogP contribution in [0.1, 0.15) is 51.8 Å². The molecular formula is C16H27N3. The zero-order valence-corrected chi connectivity index (χ0v) is 12.7. The number of nitrogens with one attached hydrogen (secondary N) is 1. The summed E-state index contributed by atoms with van der Waals surface area (Å²) in [4.78, 5) is 7.16. The monoisotopic (exact) mass is 261 g/mol. The van der Waals surface area contributed by atoms with E-state index >= 15 is 0 Å². The Morgan fingerprint density at radius 1 is 1.37 bits per heavy atom. The lowest BCUT2D eigenvalue weighted by atomic mass is 9.94. The molecule has 3 atom stereocenters. The Labute approximate surface area is 117 Å². The third-order valence-electron chi connectivity index (χ3n) is 4.33. The number of hydrogen-bond donors (Lipinski definition) is 1. The van der Waals surface area contributed by atoms with Gasteiger partial charge in [-0.15, -0.1) is 0 Å². The molecule has 0 aromatic carbocycles. The van der Waals surface area contributed by atoms with E-state index in [9.17, 15) is 0 Å². The number of aromatic nitrogens is 1. The van der Waals surface area contributed by atoms with Gasteiger partial charge in [0.15, 0.2) is 0 Å². The van der Waals surface area contributed by atoms with Crippen molar-refractivity contribution in [2.45, 2.75) is 52.1 Å². The minimum atomic E-state index is 0.367. The third-order valence-corrected chi connectivity index (χ3v) is 4.33. The van der Waals surface area contributed by atoms with Crippen molar-refractivity contribution < 1.29 is 0 Å². The van der Waals surface area contributed by atoms with Crippen LogP contribution in [0.4, 0.5) is 5.69 Å². The summed E-state index contributed by atoms with van der Waals surface area (Å²) in [5.74, 6) is 0.788. The Morgan fingerprint density at radius 3 is 2.74 bits per heavy atom. The van der Waals surface area contributed by atoms with Gasteiger partial charge >= 0.3 is 0 Å². The highest BCUT2D eigenvalue weighted by molar-refractivity contribution is 5.46. The van der Waals surface area contributed by atoms with Crippen molar-refractivity contribution in [2.75, 3.05) is 18.5 Å². The zero-order valence-electron chi connectivity index (χ0n) is 12.7. The average molecular weight is 261 g/mol. The van der Waals surface area contributed by atoms with Crippen molar-refractivity contribution in [1.29, 1.82) is 0 Å². The number of piperidine rings is 1. The largest absolute Gasteiger partial charge is 0.367 e. The van der Waals surface area contributed by atoms with E-state index in [1.807, 2.05) is 13.2 Å². The first-order valence-corrected chi connectivity index (χ1v) is 7.55. The average Bonchev–Trinajstić information content (AvgIpc) is 2.44. The van der Waals surface area contributed by atoms with E-state index in [0.717, 1.165) is 24.6 Å². The van der Waals surface area contributed by atoms with Crippen LogP contribution in [0.15, 0.2) is 18.3 Å². The normalized spacial score (nSPS) is 25.4. The van der Waals surface area contributed by atoms with Crippen LogP contribution in [-0.4, -0.2) is 24.6 Å². The summed E-state index contributed by atoms with van der Waals surface area (Å²) in [6.45, 7) is 8.01. The van der Waals surface area contributed by atoms with Crippen molar-refractivity contribution in [1.82, 2.24) is 10.3 Å². The standard InChI is InChI=1S/C16H27N3/c1-5-15(17-4)16-9-8-14(10-18-16)19-11-12(2)6-7-13(19)3/h8-10,12-13,15,17H,5-7,11H2,1-4H3. The molecule has 1 saturated heterocycles. The molecule has 1 aliphatic heterocycles. The number of nitrogens with zero attached hydrogens (tertiary/aromatic N) is 2. The molecule has 19 heavy (non-hydrogen) atoms. The Balaban J connectivity index is 2.13. The summed E-state index contributed by atoms with van der Waals surface area (Å²) in [6.07, 6.45) is 5.75. The fraction of sp³-hybridized carbons (Fsp3) is 0.688. The van der Waals surface area contributed by atoms with Crippen LogP contribution in [0.3, 0.4) is 0 Å².